The molecule has 0 radical (unpaired) electrons. The number of hydrogen-bond donors (Lipinski definition) is 1. The maximum Gasteiger partial charge on any atom is 0.240 e. The van der Waals surface area contributed by atoms with Crippen LogP contribution in [0, 0.1) is 0 Å². The van der Waals surface area contributed by atoms with Crippen LogP contribution in [0.15, 0.2) is 34.7 Å². The van der Waals surface area contributed by atoms with E-state index in [2.05, 4.69) is 11.3 Å². The van der Waals surface area contributed by atoms with Crippen LogP contribution in [-0.4, -0.2) is 27.4 Å². The summed E-state index contributed by atoms with van der Waals surface area (Å²) in [7, 11) is -3.63. The van der Waals surface area contributed by atoms with E-state index in [1.54, 1.807) is 17.0 Å². The van der Waals surface area contributed by atoms with E-state index in [4.69, 9.17) is 11.6 Å². The van der Waals surface area contributed by atoms with Gasteiger partial charge in [0.1, 0.15) is 0 Å². The van der Waals surface area contributed by atoms with Crippen LogP contribution in [0.5, 0.6) is 0 Å². The standard InChI is InChI=1S/C14H17ClN2O3S/c1-10(15)9-16-21(19,20)13-5-6-14-12(8-13)4-3-7-17(14)11(2)18/h5-6,8,16H,1,3-4,7,9H2,2H3. The average Bonchev–Trinajstić information content (AvgIpc) is 2.43. The predicted octanol–water partition coefficient (Wildman–Crippen LogP) is 2.02. The molecule has 7 heteroatoms. The van der Waals surface area contributed by atoms with Gasteiger partial charge in [-0.05, 0) is 36.6 Å². The Labute approximate surface area is 129 Å². The van der Waals surface area contributed by atoms with Gasteiger partial charge in [0.2, 0.25) is 15.9 Å². The third-order valence-corrected chi connectivity index (χ3v) is 4.85. The number of halogens is 1. The van der Waals surface area contributed by atoms with E-state index >= 15 is 0 Å². The Bertz CT molecular complexity index is 685. The van der Waals surface area contributed by atoms with Gasteiger partial charge in [-0.1, -0.05) is 18.2 Å². The van der Waals surface area contributed by atoms with Crippen molar-refractivity contribution in [3.63, 3.8) is 0 Å². The minimum Gasteiger partial charge on any atom is -0.312 e. The van der Waals surface area contributed by atoms with Gasteiger partial charge < -0.3 is 4.90 Å². The topological polar surface area (TPSA) is 66.5 Å². The molecule has 0 saturated heterocycles. The number of fused-ring (bicyclic) bond motifs is 1. The molecule has 1 aromatic carbocycles. The number of anilines is 1. The second-order valence-electron chi connectivity index (χ2n) is 4.91. The molecule has 5 nitrogen and oxygen atoms in total. The maximum atomic E-state index is 12.1. The van der Waals surface area contributed by atoms with Gasteiger partial charge in [-0.25, -0.2) is 13.1 Å². The number of rotatable bonds is 4. The van der Waals surface area contributed by atoms with Crippen molar-refractivity contribution in [1.29, 1.82) is 0 Å². The Hall–Kier alpha value is -1.37. The SMILES string of the molecule is C=C(Cl)CNS(=O)(=O)c1ccc2c(c1)CCCN2C(C)=O. The van der Waals surface area contributed by atoms with Crippen LogP contribution >= 0.6 is 11.6 Å². The van der Waals surface area contributed by atoms with Crippen LogP contribution in [0.25, 0.3) is 0 Å². The largest absolute Gasteiger partial charge is 0.312 e. The van der Waals surface area contributed by atoms with Crippen molar-refractivity contribution in [3.05, 3.63) is 35.4 Å². The van der Waals surface area contributed by atoms with E-state index in [0.717, 1.165) is 24.1 Å². The number of hydrogen-bond acceptors (Lipinski definition) is 3. The summed E-state index contributed by atoms with van der Waals surface area (Å²) < 4.78 is 26.7. The number of amides is 1. The highest BCUT2D eigenvalue weighted by Gasteiger charge is 2.22. The van der Waals surface area contributed by atoms with E-state index in [-0.39, 0.29) is 22.4 Å². The van der Waals surface area contributed by atoms with E-state index in [1.807, 2.05) is 0 Å². The zero-order valence-corrected chi connectivity index (χ0v) is 13.3. The van der Waals surface area contributed by atoms with Gasteiger partial charge in [0.05, 0.1) is 4.90 Å². The first-order valence-electron chi connectivity index (χ1n) is 6.55. The van der Waals surface area contributed by atoms with Gasteiger partial charge >= 0.3 is 0 Å². The molecule has 1 aromatic rings. The fraction of sp³-hybridized carbons (Fsp3) is 0.357. The van der Waals surface area contributed by atoms with Crippen molar-refractivity contribution in [2.75, 3.05) is 18.0 Å². The number of nitrogens with one attached hydrogen (secondary N) is 1. The summed E-state index contributed by atoms with van der Waals surface area (Å²) in [4.78, 5) is 13.4. The second kappa shape index (κ2) is 6.17. The first kappa shape index (κ1) is 16.0. The van der Waals surface area contributed by atoms with Gasteiger partial charge in [0.25, 0.3) is 0 Å². The monoisotopic (exact) mass is 328 g/mol. The maximum absolute atomic E-state index is 12.1. The van der Waals surface area contributed by atoms with Crippen LogP contribution in [-0.2, 0) is 21.2 Å². The molecule has 1 heterocycles. The number of benzene rings is 1. The molecule has 0 aliphatic carbocycles. The van der Waals surface area contributed by atoms with Gasteiger partial charge in [0.15, 0.2) is 0 Å². The van der Waals surface area contributed by atoms with Crippen LogP contribution in [0.3, 0.4) is 0 Å². The van der Waals surface area contributed by atoms with Crippen molar-refractivity contribution < 1.29 is 13.2 Å². The lowest BCUT2D eigenvalue weighted by molar-refractivity contribution is -0.116. The highest BCUT2D eigenvalue weighted by atomic mass is 35.5. The molecule has 0 saturated carbocycles. The molecule has 0 aromatic heterocycles. The molecule has 0 fully saturated rings. The molecule has 0 unspecified atom stereocenters. The number of aryl methyl sites for hydroxylation is 1. The van der Waals surface area contributed by atoms with E-state index < -0.39 is 10.0 Å². The zero-order valence-electron chi connectivity index (χ0n) is 11.7. The summed E-state index contributed by atoms with van der Waals surface area (Å²) in [6.07, 6.45) is 1.58. The Kier molecular flexibility index (Phi) is 4.70. The number of carbonyl (C=O) groups is 1. The molecule has 0 atom stereocenters. The number of carbonyl (C=O) groups excluding carboxylic acids is 1. The highest BCUT2D eigenvalue weighted by molar-refractivity contribution is 7.89. The molecule has 0 spiro atoms. The lowest BCUT2D eigenvalue weighted by atomic mass is 10.0. The van der Waals surface area contributed by atoms with Crippen molar-refractivity contribution >= 4 is 33.2 Å². The normalized spacial score (nSPS) is 14.7. The zero-order chi connectivity index (χ0) is 15.6. The van der Waals surface area contributed by atoms with Gasteiger partial charge in [-0.2, -0.15) is 0 Å². The fourth-order valence-electron chi connectivity index (χ4n) is 2.32. The Balaban J connectivity index is 2.33. The summed E-state index contributed by atoms with van der Waals surface area (Å²) in [5.41, 5.74) is 1.65. The Morgan fingerprint density at radius 2 is 2.19 bits per heavy atom. The quantitative estimate of drug-likeness (QED) is 0.919. The number of nitrogens with zero attached hydrogens (tertiary/aromatic N) is 1. The summed E-state index contributed by atoms with van der Waals surface area (Å²) in [5.74, 6) is -0.0388. The van der Waals surface area contributed by atoms with E-state index in [0.29, 0.717) is 6.54 Å². The van der Waals surface area contributed by atoms with Gasteiger partial charge in [-0.15, -0.1) is 0 Å². The number of sulfonamides is 1. The fourth-order valence-corrected chi connectivity index (χ4v) is 3.55. The van der Waals surface area contributed by atoms with Crippen LogP contribution < -0.4 is 9.62 Å². The first-order valence-corrected chi connectivity index (χ1v) is 8.41. The smallest absolute Gasteiger partial charge is 0.240 e. The summed E-state index contributed by atoms with van der Waals surface area (Å²) in [6.45, 7) is 5.61. The van der Waals surface area contributed by atoms with Gasteiger partial charge in [0, 0.05) is 30.7 Å². The van der Waals surface area contributed by atoms with Gasteiger partial charge in [-0.3, -0.25) is 4.79 Å². The summed E-state index contributed by atoms with van der Waals surface area (Å²) in [5, 5.41) is 0.222. The highest BCUT2D eigenvalue weighted by Crippen LogP contribution is 2.29. The Morgan fingerprint density at radius 3 is 2.81 bits per heavy atom. The van der Waals surface area contributed by atoms with Crippen LogP contribution in [0.1, 0.15) is 18.9 Å². The summed E-state index contributed by atoms with van der Waals surface area (Å²) in [6, 6.07) is 4.79. The van der Waals surface area contributed by atoms with Crippen LogP contribution in [0.2, 0.25) is 0 Å². The minimum absolute atomic E-state index is 0.0133. The van der Waals surface area contributed by atoms with E-state index in [9.17, 15) is 13.2 Å². The first-order chi connectivity index (χ1) is 9.81. The predicted molar refractivity (Wildman–Crippen MR) is 83.0 cm³/mol. The molecule has 1 aliphatic rings. The van der Waals surface area contributed by atoms with Crippen molar-refractivity contribution in [2.45, 2.75) is 24.7 Å². The minimum atomic E-state index is -3.63. The third kappa shape index (κ3) is 3.64. The average molecular weight is 329 g/mol. The molecule has 114 valence electrons. The Morgan fingerprint density at radius 1 is 1.48 bits per heavy atom. The van der Waals surface area contributed by atoms with Crippen LogP contribution in [0.4, 0.5) is 5.69 Å². The molecule has 1 N–H and O–H groups in total. The lowest BCUT2D eigenvalue weighted by Gasteiger charge is -2.28. The molecule has 21 heavy (non-hydrogen) atoms. The molecule has 1 aliphatic heterocycles. The second-order valence-corrected chi connectivity index (χ2v) is 7.21. The lowest BCUT2D eigenvalue weighted by Crippen LogP contribution is -2.33. The molecule has 1 amide bonds. The molecular formula is C14H17ClN2O3S. The van der Waals surface area contributed by atoms with Crippen molar-refractivity contribution in [2.24, 2.45) is 0 Å². The summed E-state index contributed by atoms with van der Waals surface area (Å²) >= 11 is 5.58. The molecule has 0 bridgehead atoms. The molecular weight excluding hydrogens is 312 g/mol. The van der Waals surface area contributed by atoms with E-state index in [1.165, 1.54) is 13.0 Å². The van der Waals surface area contributed by atoms with Crippen molar-refractivity contribution in [1.82, 2.24) is 4.72 Å². The molecule has 2 rings (SSSR count). The van der Waals surface area contributed by atoms with Crippen molar-refractivity contribution in [3.8, 4) is 0 Å². The third-order valence-electron chi connectivity index (χ3n) is 3.31.